The molecule has 1 aromatic carbocycles. The summed E-state index contributed by atoms with van der Waals surface area (Å²) >= 11 is 9.28. The van der Waals surface area contributed by atoms with E-state index in [1.807, 2.05) is 42.8 Å². The van der Waals surface area contributed by atoms with Gasteiger partial charge in [-0.25, -0.2) is 0 Å². The third-order valence-electron chi connectivity index (χ3n) is 4.96. The molecule has 0 saturated carbocycles. The molecule has 0 radical (unpaired) electrons. The monoisotopic (exact) mass is 478 g/mol. The van der Waals surface area contributed by atoms with Crippen LogP contribution < -0.4 is 4.74 Å². The molecular formula is C22H27ClN4O2S2. The standard InChI is InChI=1S/C22H27ClN4O2S2/c1-4-16(5-2)27-20(14-29-19-11-7-6-10-18(19)23)24-25-22(27)31-15-21(28)26(3)13-17-9-8-12-30-17/h6-12,16H,4-5,13-15H2,1-3H3. The van der Waals surface area contributed by atoms with Gasteiger partial charge in [-0.1, -0.05) is 55.4 Å². The highest BCUT2D eigenvalue weighted by molar-refractivity contribution is 7.99. The van der Waals surface area contributed by atoms with E-state index >= 15 is 0 Å². The fraction of sp³-hybridized carbons (Fsp3) is 0.409. The quantitative estimate of drug-likeness (QED) is 0.331. The number of rotatable bonds is 11. The van der Waals surface area contributed by atoms with Gasteiger partial charge in [0.05, 0.1) is 17.3 Å². The second kappa shape index (κ2) is 11.5. The predicted octanol–water partition coefficient (Wildman–Crippen LogP) is 5.68. The van der Waals surface area contributed by atoms with Crippen LogP contribution in [0.1, 0.15) is 43.4 Å². The Balaban J connectivity index is 1.69. The molecule has 6 nitrogen and oxygen atoms in total. The van der Waals surface area contributed by atoms with Crippen LogP contribution in [0.4, 0.5) is 0 Å². The van der Waals surface area contributed by atoms with Gasteiger partial charge in [-0.15, -0.1) is 21.5 Å². The fourth-order valence-electron chi connectivity index (χ4n) is 3.19. The molecule has 31 heavy (non-hydrogen) atoms. The Labute approximate surface area is 196 Å². The van der Waals surface area contributed by atoms with Gasteiger partial charge >= 0.3 is 0 Å². The number of carbonyl (C=O) groups is 1. The van der Waals surface area contributed by atoms with Crippen molar-refractivity contribution in [3.05, 3.63) is 57.5 Å². The smallest absolute Gasteiger partial charge is 0.233 e. The fourth-order valence-corrected chi connectivity index (χ4v) is 5.10. The average Bonchev–Trinajstić information content (AvgIpc) is 3.42. The van der Waals surface area contributed by atoms with Gasteiger partial charge in [0, 0.05) is 18.0 Å². The maximum atomic E-state index is 12.6. The van der Waals surface area contributed by atoms with Crippen molar-refractivity contribution in [1.82, 2.24) is 19.7 Å². The molecule has 0 spiro atoms. The molecule has 0 aliphatic rings. The Morgan fingerprint density at radius 1 is 1.23 bits per heavy atom. The largest absolute Gasteiger partial charge is 0.484 e. The van der Waals surface area contributed by atoms with E-state index in [9.17, 15) is 4.79 Å². The maximum absolute atomic E-state index is 12.6. The van der Waals surface area contributed by atoms with Crippen molar-refractivity contribution in [3.63, 3.8) is 0 Å². The van der Waals surface area contributed by atoms with Gasteiger partial charge in [-0.05, 0) is 36.4 Å². The molecule has 0 aliphatic heterocycles. The highest BCUT2D eigenvalue weighted by atomic mass is 35.5. The van der Waals surface area contributed by atoms with Crippen molar-refractivity contribution in [2.45, 2.75) is 51.0 Å². The third kappa shape index (κ3) is 6.24. The number of para-hydroxylation sites is 1. The maximum Gasteiger partial charge on any atom is 0.233 e. The number of hydrogen-bond acceptors (Lipinski definition) is 6. The van der Waals surface area contributed by atoms with Gasteiger partial charge < -0.3 is 14.2 Å². The van der Waals surface area contributed by atoms with Crippen molar-refractivity contribution in [2.75, 3.05) is 12.8 Å². The van der Waals surface area contributed by atoms with Crippen LogP contribution in [0.25, 0.3) is 0 Å². The lowest BCUT2D eigenvalue weighted by atomic mass is 10.2. The zero-order valence-electron chi connectivity index (χ0n) is 18.0. The van der Waals surface area contributed by atoms with Crippen molar-refractivity contribution < 1.29 is 9.53 Å². The molecule has 0 aliphatic carbocycles. The van der Waals surface area contributed by atoms with Crippen LogP contribution in [0.3, 0.4) is 0 Å². The first-order valence-electron chi connectivity index (χ1n) is 10.2. The van der Waals surface area contributed by atoms with Crippen molar-refractivity contribution in [3.8, 4) is 5.75 Å². The number of nitrogens with zero attached hydrogens (tertiary/aromatic N) is 4. The summed E-state index contributed by atoms with van der Waals surface area (Å²) in [5, 5.41) is 12.1. The van der Waals surface area contributed by atoms with Gasteiger partial charge in [0.25, 0.3) is 0 Å². The molecular weight excluding hydrogens is 452 g/mol. The minimum Gasteiger partial charge on any atom is -0.484 e. The minimum atomic E-state index is 0.0614. The summed E-state index contributed by atoms with van der Waals surface area (Å²) in [5.74, 6) is 1.72. The molecule has 0 N–H and O–H groups in total. The summed E-state index contributed by atoms with van der Waals surface area (Å²) in [5.41, 5.74) is 0. The summed E-state index contributed by atoms with van der Waals surface area (Å²) < 4.78 is 8.01. The topological polar surface area (TPSA) is 60.2 Å². The Morgan fingerprint density at radius 2 is 2.00 bits per heavy atom. The zero-order chi connectivity index (χ0) is 22.2. The summed E-state index contributed by atoms with van der Waals surface area (Å²) in [6, 6.07) is 11.6. The summed E-state index contributed by atoms with van der Waals surface area (Å²) in [4.78, 5) is 15.5. The minimum absolute atomic E-state index is 0.0614. The third-order valence-corrected chi connectivity index (χ3v) is 7.06. The Bertz CT molecular complexity index is 974. The van der Waals surface area contributed by atoms with Crippen LogP contribution in [0.15, 0.2) is 46.9 Å². The number of thioether (sulfide) groups is 1. The molecule has 0 atom stereocenters. The van der Waals surface area contributed by atoms with Gasteiger partial charge in [-0.3, -0.25) is 4.79 Å². The number of hydrogen-bond donors (Lipinski definition) is 0. The normalized spacial score (nSPS) is 11.1. The van der Waals surface area contributed by atoms with Crippen LogP contribution in [-0.2, 0) is 17.9 Å². The zero-order valence-corrected chi connectivity index (χ0v) is 20.3. The molecule has 0 bridgehead atoms. The van der Waals surface area contributed by atoms with E-state index in [2.05, 4.69) is 28.6 Å². The van der Waals surface area contributed by atoms with Crippen LogP contribution in [0.2, 0.25) is 5.02 Å². The number of amides is 1. The Morgan fingerprint density at radius 3 is 2.68 bits per heavy atom. The number of benzene rings is 1. The van der Waals surface area contributed by atoms with E-state index < -0.39 is 0 Å². The summed E-state index contributed by atoms with van der Waals surface area (Å²) in [7, 11) is 1.83. The number of halogens is 1. The molecule has 3 aromatic rings. The predicted molar refractivity (Wildman–Crippen MR) is 127 cm³/mol. The highest BCUT2D eigenvalue weighted by Gasteiger charge is 2.21. The second-order valence-electron chi connectivity index (χ2n) is 7.08. The molecule has 0 fully saturated rings. The first-order valence-corrected chi connectivity index (χ1v) is 12.5. The lowest BCUT2D eigenvalue weighted by Gasteiger charge is -2.20. The molecule has 1 amide bonds. The Hall–Kier alpha value is -2.03. The molecule has 0 unspecified atom stereocenters. The van der Waals surface area contributed by atoms with E-state index in [1.54, 1.807) is 22.3 Å². The second-order valence-corrected chi connectivity index (χ2v) is 9.46. The first-order chi connectivity index (χ1) is 15.0. The van der Waals surface area contributed by atoms with Crippen molar-refractivity contribution in [1.29, 1.82) is 0 Å². The highest BCUT2D eigenvalue weighted by Crippen LogP contribution is 2.28. The number of ether oxygens (including phenoxy) is 1. The molecule has 166 valence electrons. The van der Waals surface area contributed by atoms with E-state index in [-0.39, 0.29) is 18.6 Å². The molecule has 9 heteroatoms. The van der Waals surface area contributed by atoms with Crippen molar-refractivity contribution in [2.24, 2.45) is 0 Å². The summed E-state index contributed by atoms with van der Waals surface area (Å²) in [6.07, 6.45) is 1.88. The van der Waals surface area contributed by atoms with E-state index in [0.717, 1.165) is 23.8 Å². The van der Waals surface area contributed by atoms with Crippen LogP contribution in [0.5, 0.6) is 5.75 Å². The summed E-state index contributed by atoms with van der Waals surface area (Å²) in [6.45, 7) is 5.16. The van der Waals surface area contributed by atoms with Gasteiger partial charge in [0.15, 0.2) is 11.0 Å². The lowest BCUT2D eigenvalue weighted by molar-refractivity contribution is -0.127. The molecule has 2 heterocycles. The van der Waals surface area contributed by atoms with E-state index in [4.69, 9.17) is 16.3 Å². The van der Waals surface area contributed by atoms with Gasteiger partial charge in [0.2, 0.25) is 5.91 Å². The first kappa shape index (κ1) is 23.6. The lowest BCUT2D eigenvalue weighted by Crippen LogP contribution is -2.27. The van der Waals surface area contributed by atoms with E-state index in [0.29, 0.717) is 23.1 Å². The van der Waals surface area contributed by atoms with Crippen LogP contribution in [0, 0.1) is 0 Å². The van der Waals surface area contributed by atoms with Gasteiger partial charge in [0.1, 0.15) is 12.4 Å². The Kier molecular flexibility index (Phi) is 8.80. The molecule has 2 aromatic heterocycles. The van der Waals surface area contributed by atoms with Crippen LogP contribution >= 0.6 is 34.7 Å². The molecule has 0 saturated heterocycles. The molecule has 3 rings (SSSR count). The van der Waals surface area contributed by atoms with E-state index in [1.165, 1.54) is 16.6 Å². The number of aromatic nitrogens is 3. The number of carbonyl (C=O) groups excluding carboxylic acids is 1. The SMILES string of the molecule is CCC(CC)n1c(COc2ccccc2Cl)nnc1SCC(=O)N(C)Cc1cccs1. The van der Waals surface area contributed by atoms with Crippen LogP contribution in [-0.4, -0.2) is 38.4 Å². The average molecular weight is 479 g/mol. The van der Waals surface area contributed by atoms with Gasteiger partial charge in [-0.2, -0.15) is 0 Å². The number of thiophene rings is 1. The van der Waals surface area contributed by atoms with Crippen molar-refractivity contribution >= 4 is 40.6 Å².